The summed E-state index contributed by atoms with van der Waals surface area (Å²) in [6.07, 6.45) is 1.17. The molecule has 0 fully saturated rings. The van der Waals surface area contributed by atoms with Crippen LogP contribution in [0, 0.1) is 0 Å². The summed E-state index contributed by atoms with van der Waals surface area (Å²) in [5, 5.41) is 12.2. The molecule has 0 aliphatic heterocycles. The van der Waals surface area contributed by atoms with Gasteiger partial charge in [0.15, 0.2) is 0 Å². The molecule has 0 bridgehead atoms. The van der Waals surface area contributed by atoms with E-state index in [-0.39, 0.29) is 11.4 Å². The summed E-state index contributed by atoms with van der Waals surface area (Å²) in [5.74, 6) is -2.63. The number of hydrogen-bond donors (Lipinski definition) is 3. The minimum atomic E-state index is -3.07. The van der Waals surface area contributed by atoms with Crippen molar-refractivity contribution in [3.63, 3.8) is 0 Å². The summed E-state index contributed by atoms with van der Waals surface area (Å²) in [6.45, 7) is -3.07. The Morgan fingerprint density at radius 2 is 1.86 bits per heavy atom. The van der Waals surface area contributed by atoms with Crippen molar-refractivity contribution in [2.45, 2.75) is 6.61 Å². The molecule has 7 nitrogen and oxygen atoms in total. The van der Waals surface area contributed by atoms with Gasteiger partial charge in [-0.15, -0.1) is 0 Å². The number of rotatable bonds is 5. The van der Waals surface area contributed by atoms with E-state index in [1.54, 1.807) is 5.32 Å². The number of halogens is 2. The lowest BCUT2D eigenvalue weighted by molar-refractivity contribution is -0.131. The lowest BCUT2D eigenvalue weighted by atomic mass is 10.3. The highest BCUT2D eigenvalue weighted by Crippen LogP contribution is 2.25. The monoisotopic (exact) mass is 300 g/mol. The van der Waals surface area contributed by atoms with Crippen LogP contribution in [0.3, 0.4) is 0 Å². The fraction of sp³-hybridized carbons (Fsp3) is 0.0833. The quantitative estimate of drug-likeness (QED) is 0.716. The zero-order chi connectivity index (χ0) is 15.8. The Balaban J connectivity index is 2.67. The molecule has 3 N–H and O–H groups in total. The van der Waals surface area contributed by atoms with Gasteiger partial charge in [0.05, 0.1) is 5.69 Å². The standard InChI is InChI=1S/C12H10F2N2O5/c13-11(14)21-8-4-2-1-3-7(8)15-12(20)16-9(17)5-6-10(18)19/h1-6,11H,(H,18,19)(H2,15,16,17,20)/b6-5+. The maximum atomic E-state index is 12.2. The molecule has 0 aliphatic rings. The van der Waals surface area contributed by atoms with Gasteiger partial charge in [-0.2, -0.15) is 8.78 Å². The van der Waals surface area contributed by atoms with Gasteiger partial charge < -0.3 is 15.2 Å². The van der Waals surface area contributed by atoms with Crippen LogP contribution in [0.25, 0.3) is 0 Å². The number of nitrogens with one attached hydrogen (secondary N) is 2. The molecule has 9 heteroatoms. The molecular formula is C12H10F2N2O5. The number of carboxylic acids is 1. The van der Waals surface area contributed by atoms with E-state index in [9.17, 15) is 23.2 Å². The van der Waals surface area contributed by atoms with Crippen LogP contribution >= 0.6 is 0 Å². The van der Waals surface area contributed by atoms with E-state index in [0.29, 0.717) is 12.2 Å². The highest BCUT2D eigenvalue weighted by atomic mass is 19.3. The molecule has 0 atom stereocenters. The van der Waals surface area contributed by atoms with Gasteiger partial charge in [-0.1, -0.05) is 12.1 Å². The molecule has 0 aliphatic carbocycles. The number of carbonyl (C=O) groups excluding carboxylic acids is 2. The Hall–Kier alpha value is -2.97. The van der Waals surface area contributed by atoms with E-state index in [4.69, 9.17) is 5.11 Å². The van der Waals surface area contributed by atoms with Crippen LogP contribution in [0.2, 0.25) is 0 Å². The zero-order valence-electron chi connectivity index (χ0n) is 10.4. The van der Waals surface area contributed by atoms with Crippen LogP contribution in [0.5, 0.6) is 5.75 Å². The first-order valence-corrected chi connectivity index (χ1v) is 5.45. The summed E-state index contributed by atoms with van der Waals surface area (Å²) in [6, 6.07) is 4.34. The molecule has 0 radical (unpaired) electrons. The Morgan fingerprint density at radius 1 is 1.19 bits per heavy atom. The zero-order valence-corrected chi connectivity index (χ0v) is 10.4. The predicted octanol–water partition coefficient (Wildman–Crippen LogP) is 1.58. The first-order chi connectivity index (χ1) is 9.88. The number of amides is 3. The number of ether oxygens (including phenoxy) is 1. The highest BCUT2D eigenvalue weighted by molar-refractivity contribution is 6.06. The molecule has 3 amide bonds. The third kappa shape index (κ3) is 6.14. The molecular weight excluding hydrogens is 290 g/mol. The summed E-state index contributed by atoms with van der Waals surface area (Å²) in [7, 11) is 0. The number of benzene rings is 1. The van der Waals surface area contributed by atoms with E-state index in [0.717, 1.165) is 0 Å². The second-order valence-corrected chi connectivity index (χ2v) is 3.49. The van der Waals surface area contributed by atoms with Crippen LogP contribution in [0.15, 0.2) is 36.4 Å². The average molecular weight is 300 g/mol. The van der Waals surface area contributed by atoms with E-state index in [1.807, 2.05) is 0 Å². The third-order valence-electron chi connectivity index (χ3n) is 1.97. The van der Waals surface area contributed by atoms with Crippen molar-refractivity contribution < 1.29 is 33.0 Å². The van der Waals surface area contributed by atoms with E-state index >= 15 is 0 Å². The van der Waals surface area contributed by atoms with E-state index in [1.165, 1.54) is 24.3 Å². The number of urea groups is 1. The maximum Gasteiger partial charge on any atom is 0.387 e. The highest BCUT2D eigenvalue weighted by Gasteiger charge is 2.12. The predicted molar refractivity (Wildman–Crippen MR) is 67.0 cm³/mol. The number of alkyl halides is 2. The molecule has 21 heavy (non-hydrogen) atoms. The lowest BCUT2D eigenvalue weighted by Crippen LogP contribution is -2.33. The fourth-order valence-corrected chi connectivity index (χ4v) is 1.22. The van der Waals surface area contributed by atoms with Crippen molar-refractivity contribution in [1.82, 2.24) is 5.32 Å². The van der Waals surface area contributed by atoms with E-state index in [2.05, 4.69) is 10.1 Å². The normalized spacial score (nSPS) is 10.4. The van der Waals surface area contributed by atoms with Crippen molar-refractivity contribution >= 4 is 23.6 Å². The van der Waals surface area contributed by atoms with Gasteiger partial charge in [-0.3, -0.25) is 10.1 Å². The second-order valence-electron chi connectivity index (χ2n) is 3.49. The van der Waals surface area contributed by atoms with Gasteiger partial charge in [0.2, 0.25) is 0 Å². The topological polar surface area (TPSA) is 105 Å². The SMILES string of the molecule is O=C(O)/C=C/C(=O)NC(=O)Nc1ccccc1OC(F)F. The second kappa shape index (κ2) is 7.58. The molecule has 0 unspecified atom stereocenters. The van der Waals surface area contributed by atoms with Gasteiger partial charge in [0, 0.05) is 12.2 Å². The van der Waals surface area contributed by atoms with E-state index < -0.39 is 24.5 Å². The molecule has 1 rings (SSSR count). The number of carboxylic acid groups (broad SMARTS) is 1. The summed E-state index contributed by atoms with van der Waals surface area (Å²) in [5.41, 5.74) is -0.0784. The molecule has 112 valence electrons. The number of anilines is 1. The number of carbonyl (C=O) groups is 3. The van der Waals surface area contributed by atoms with Crippen molar-refractivity contribution in [3.8, 4) is 5.75 Å². The number of hydrogen-bond acceptors (Lipinski definition) is 4. The number of para-hydroxylation sites is 2. The van der Waals surface area contributed by atoms with Crippen LogP contribution in [0.4, 0.5) is 19.3 Å². The molecule has 0 aromatic heterocycles. The third-order valence-corrected chi connectivity index (χ3v) is 1.97. The van der Waals surface area contributed by atoms with Gasteiger partial charge >= 0.3 is 18.6 Å². The molecule has 1 aromatic carbocycles. The largest absolute Gasteiger partial charge is 0.478 e. The van der Waals surface area contributed by atoms with Crippen molar-refractivity contribution in [3.05, 3.63) is 36.4 Å². The molecule has 0 saturated heterocycles. The molecule has 1 aromatic rings. The Kier molecular flexibility index (Phi) is 5.80. The molecule has 0 spiro atoms. The summed E-state index contributed by atoms with van der Waals surface area (Å²) >= 11 is 0. The minimum Gasteiger partial charge on any atom is -0.478 e. The van der Waals surface area contributed by atoms with Crippen LogP contribution in [0.1, 0.15) is 0 Å². The maximum absolute atomic E-state index is 12.2. The van der Waals surface area contributed by atoms with Gasteiger partial charge in [0.25, 0.3) is 5.91 Å². The number of imide groups is 1. The summed E-state index contributed by atoms with van der Waals surface area (Å²) in [4.78, 5) is 32.7. The van der Waals surface area contributed by atoms with Crippen molar-refractivity contribution in [2.24, 2.45) is 0 Å². The number of aliphatic carboxylic acids is 1. The first-order valence-electron chi connectivity index (χ1n) is 5.45. The fourth-order valence-electron chi connectivity index (χ4n) is 1.22. The van der Waals surface area contributed by atoms with Crippen LogP contribution in [-0.2, 0) is 9.59 Å². The minimum absolute atomic E-state index is 0.0784. The van der Waals surface area contributed by atoms with Gasteiger partial charge in [-0.05, 0) is 12.1 Å². The average Bonchev–Trinajstić information content (AvgIpc) is 2.38. The Bertz CT molecular complexity index is 575. The van der Waals surface area contributed by atoms with Gasteiger partial charge in [0.1, 0.15) is 5.75 Å². The van der Waals surface area contributed by atoms with Crippen molar-refractivity contribution in [2.75, 3.05) is 5.32 Å². The Labute approximate surface area is 117 Å². The first kappa shape index (κ1) is 16.1. The van der Waals surface area contributed by atoms with Crippen molar-refractivity contribution in [1.29, 1.82) is 0 Å². The Morgan fingerprint density at radius 3 is 2.48 bits per heavy atom. The smallest absolute Gasteiger partial charge is 0.387 e. The lowest BCUT2D eigenvalue weighted by Gasteiger charge is -2.11. The molecule has 0 heterocycles. The summed E-state index contributed by atoms with van der Waals surface area (Å²) < 4.78 is 28.5. The van der Waals surface area contributed by atoms with Crippen LogP contribution in [-0.4, -0.2) is 29.6 Å². The van der Waals surface area contributed by atoms with Gasteiger partial charge in [-0.25, -0.2) is 9.59 Å². The van der Waals surface area contributed by atoms with Crippen LogP contribution < -0.4 is 15.4 Å². The molecule has 0 saturated carbocycles.